The fourth-order valence-electron chi connectivity index (χ4n) is 5.49. The van der Waals surface area contributed by atoms with Crippen molar-refractivity contribution < 1.29 is 24.0 Å². The summed E-state index contributed by atoms with van der Waals surface area (Å²) in [5, 5.41) is 0. The SMILES string of the molecule is C=CCC1(C)C(=O)OC2OC(C)(C)CCC3C(C)CC[C@@H]1[C@@]23OOC. The Balaban J connectivity index is 2.16. The molecule has 3 aliphatic rings. The van der Waals surface area contributed by atoms with Gasteiger partial charge in [-0.25, -0.2) is 9.78 Å². The Morgan fingerprint density at radius 1 is 1.28 bits per heavy atom. The molecule has 0 spiro atoms. The van der Waals surface area contributed by atoms with Crippen molar-refractivity contribution in [2.75, 3.05) is 7.11 Å². The van der Waals surface area contributed by atoms with E-state index >= 15 is 0 Å². The van der Waals surface area contributed by atoms with E-state index in [1.807, 2.05) is 6.92 Å². The summed E-state index contributed by atoms with van der Waals surface area (Å²) in [4.78, 5) is 24.3. The first-order valence-corrected chi connectivity index (χ1v) is 9.43. The average molecular weight is 352 g/mol. The van der Waals surface area contributed by atoms with Gasteiger partial charge >= 0.3 is 5.97 Å². The van der Waals surface area contributed by atoms with E-state index in [0.29, 0.717) is 12.3 Å². The fraction of sp³-hybridized carbons (Fsp3) is 0.850. The predicted octanol–water partition coefficient (Wildman–Crippen LogP) is 4.02. The van der Waals surface area contributed by atoms with Crippen molar-refractivity contribution in [1.29, 1.82) is 0 Å². The number of allylic oxidation sites excluding steroid dienone is 1. The third kappa shape index (κ3) is 2.75. The zero-order chi connectivity index (χ0) is 18.5. The fourth-order valence-corrected chi connectivity index (χ4v) is 5.49. The highest BCUT2D eigenvalue weighted by molar-refractivity contribution is 5.78. The van der Waals surface area contributed by atoms with E-state index in [9.17, 15) is 4.79 Å². The number of esters is 1. The Hall–Kier alpha value is -0.910. The molecule has 1 saturated carbocycles. The van der Waals surface area contributed by atoms with Crippen LogP contribution < -0.4 is 0 Å². The highest BCUT2D eigenvalue weighted by Gasteiger charge is 2.70. The van der Waals surface area contributed by atoms with Gasteiger partial charge in [-0.05, 0) is 58.8 Å². The van der Waals surface area contributed by atoms with Crippen LogP contribution in [0.5, 0.6) is 0 Å². The Labute approximate surface area is 151 Å². The first-order chi connectivity index (χ1) is 11.7. The molecule has 142 valence electrons. The standard InChI is InChI=1S/C20H32O5/c1-7-11-19(5)15-9-8-13(2)14-10-12-18(3,4)24-17(23-16(19)21)20(14,15)25-22-6/h7,13-15,17H,1,8-12H2,2-6H3/t13?,14?,15-,17?,19?,20+/m0/s1. The van der Waals surface area contributed by atoms with Gasteiger partial charge in [-0.2, -0.15) is 0 Å². The Kier molecular flexibility index (Phi) is 4.80. The first kappa shape index (κ1) is 18.9. The van der Waals surface area contributed by atoms with E-state index in [1.54, 1.807) is 6.08 Å². The largest absolute Gasteiger partial charge is 0.432 e. The molecule has 25 heavy (non-hydrogen) atoms. The molecule has 4 unspecified atom stereocenters. The number of hydrogen-bond donors (Lipinski definition) is 0. The van der Waals surface area contributed by atoms with E-state index in [-0.39, 0.29) is 23.4 Å². The van der Waals surface area contributed by atoms with Gasteiger partial charge in [-0.15, -0.1) is 6.58 Å². The summed E-state index contributed by atoms with van der Waals surface area (Å²) in [7, 11) is 1.53. The second kappa shape index (κ2) is 6.36. The lowest BCUT2D eigenvalue weighted by Crippen LogP contribution is -2.70. The van der Waals surface area contributed by atoms with Crippen molar-refractivity contribution in [3.63, 3.8) is 0 Å². The lowest BCUT2D eigenvalue weighted by Gasteiger charge is -2.59. The predicted molar refractivity (Wildman–Crippen MR) is 93.4 cm³/mol. The second-order valence-corrected chi connectivity index (χ2v) is 8.88. The lowest BCUT2D eigenvalue weighted by atomic mass is 9.53. The molecule has 0 amide bonds. The molecule has 3 rings (SSSR count). The van der Waals surface area contributed by atoms with Gasteiger partial charge in [-0.3, -0.25) is 4.79 Å². The Bertz CT molecular complexity index is 544. The van der Waals surface area contributed by atoms with Gasteiger partial charge in [0.05, 0.1) is 18.1 Å². The van der Waals surface area contributed by atoms with E-state index in [2.05, 4.69) is 27.4 Å². The van der Waals surface area contributed by atoms with Crippen LogP contribution in [0.25, 0.3) is 0 Å². The minimum absolute atomic E-state index is 0.0284. The van der Waals surface area contributed by atoms with Gasteiger partial charge in [0.1, 0.15) is 0 Å². The van der Waals surface area contributed by atoms with Crippen LogP contribution >= 0.6 is 0 Å². The van der Waals surface area contributed by atoms with Crippen LogP contribution in [-0.2, 0) is 24.0 Å². The lowest BCUT2D eigenvalue weighted by molar-refractivity contribution is -0.443. The van der Waals surface area contributed by atoms with Gasteiger partial charge in [-0.1, -0.05) is 13.0 Å². The van der Waals surface area contributed by atoms with Crippen LogP contribution in [0.4, 0.5) is 0 Å². The minimum Gasteiger partial charge on any atom is -0.432 e. The monoisotopic (exact) mass is 352 g/mol. The molecule has 1 aliphatic carbocycles. The smallest absolute Gasteiger partial charge is 0.314 e. The molecule has 0 N–H and O–H groups in total. The van der Waals surface area contributed by atoms with Crippen LogP contribution in [0.2, 0.25) is 0 Å². The minimum atomic E-state index is -0.772. The van der Waals surface area contributed by atoms with E-state index in [0.717, 1.165) is 25.7 Å². The Morgan fingerprint density at radius 2 is 2.00 bits per heavy atom. The maximum Gasteiger partial charge on any atom is 0.314 e. The van der Waals surface area contributed by atoms with E-state index in [4.69, 9.17) is 19.2 Å². The van der Waals surface area contributed by atoms with Crippen LogP contribution in [0, 0.1) is 23.2 Å². The molecule has 2 aliphatic heterocycles. The second-order valence-electron chi connectivity index (χ2n) is 8.88. The number of carbonyl (C=O) groups excluding carboxylic acids is 1. The maximum absolute atomic E-state index is 13.0. The molecule has 6 atom stereocenters. The summed E-state index contributed by atoms with van der Waals surface area (Å²) >= 11 is 0. The van der Waals surface area contributed by atoms with Crippen molar-refractivity contribution in [3.8, 4) is 0 Å². The summed E-state index contributed by atoms with van der Waals surface area (Å²) in [5.41, 5.74) is -1.82. The Morgan fingerprint density at radius 3 is 2.64 bits per heavy atom. The molecule has 3 fully saturated rings. The van der Waals surface area contributed by atoms with Gasteiger partial charge < -0.3 is 9.47 Å². The number of carbonyl (C=O) groups is 1. The number of ether oxygens (including phenoxy) is 2. The third-order valence-electron chi connectivity index (χ3n) is 6.82. The van der Waals surface area contributed by atoms with Gasteiger partial charge in [0.25, 0.3) is 0 Å². The maximum atomic E-state index is 13.0. The van der Waals surface area contributed by atoms with Gasteiger partial charge in [0.15, 0.2) is 5.60 Å². The van der Waals surface area contributed by atoms with Crippen molar-refractivity contribution in [1.82, 2.24) is 0 Å². The molecule has 0 aromatic carbocycles. The molecular formula is C20H32O5. The number of hydrogen-bond acceptors (Lipinski definition) is 5. The molecule has 0 aromatic rings. The van der Waals surface area contributed by atoms with E-state index < -0.39 is 17.3 Å². The molecule has 0 radical (unpaired) electrons. The van der Waals surface area contributed by atoms with Crippen molar-refractivity contribution in [2.24, 2.45) is 23.2 Å². The number of rotatable bonds is 4. The summed E-state index contributed by atoms with van der Waals surface area (Å²) in [6.45, 7) is 12.2. The van der Waals surface area contributed by atoms with Crippen LogP contribution in [0.3, 0.4) is 0 Å². The molecule has 5 nitrogen and oxygen atoms in total. The van der Waals surface area contributed by atoms with Crippen LogP contribution in [0.1, 0.15) is 59.8 Å². The van der Waals surface area contributed by atoms with Crippen molar-refractivity contribution >= 4 is 5.97 Å². The van der Waals surface area contributed by atoms with Crippen molar-refractivity contribution in [3.05, 3.63) is 12.7 Å². The summed E-state index contributed by atoms with van der Waals surface area (Å²) in [6.07, 6.45) is 5.44. The normalized spacial score (nSPS) is 45.9. The molecule has 2 heterocycles. The summed E-state index contributed by atoms with van der Waals surface area (Å²) in [6, 6.07) is 0. The van der Waals surface area contributed by atoms with E-state index in [1.165, 1.54) is 7.11 Å². The molecular weight excluding hydrogens is 320 g/mol. The molecule has 0 aromatic heterocycles. The highest BCUT2D eigenvalue weighted by atomic mass is 17.2. The molecule has 5 heteroatoms. The summed E-state index contributed by atoms with van der Waals surface area (Å²) in [5.74, 6) is 0.425. The third-order valence-corrected chi connectivity index (χ3v) is 6.82. The molecule has 0 bridgehead atoms. The average Bonchev–Trinajstić information content (AvgIpc) is 2.63. The van der Waals surface area contributed by atoms with Gasteiger partial charge in [0, 0.05) is 11.8 Å². The van der Waals surface area contributed by atoms with Crippen LogP contribution in [0.15, 0.2) is 12.7 Å². The summed E-state index contributed by atoms with van der Waals surface area (Å²) < 4.78 is 12.2. The topological polar surface area (TPSA) is 54.0 Å². The van der Waals surface area contributed by atoms with Crippen molar-refractivity contribution in [2.45, 2.75) is 77.3 Å². The quantitative estimate of drug-likeness (QED) is 0.331. The highest BCUT2D eigenvalue weighted by Crippen LogP contribution is 2.61. The first-order valence-electron chi connectivity index (χ1n) is 9.43. The van der Waals surface area contributed by atoms with Crippen LogP contribution in [-0.4, -0.2) is 30.6 Å². The zero-order valence-electron chi connectivity index (χ0n) is 16.2. The van der Waals surface area contributed by atoms with Gasteiger partial charge in [0.2, 0.25) is 6.29 Å². The zero-order valence-corrected chi connectivity index (χ0v) is 16.2. The molecule has 2 saturated heterocycles.